The summed E-state index contributed by atoms with van der Waals surface area (Å²) in [6, 6.07) is 3.60. The Bertz CT molecular complexity index is 681. The second-order valence-electron chi connectivity index (χ2n) is 4.29. The van der Waals surface area contributed by atoms with Gasteiger partial charge in [0.05, 0.1) is 16.0 Å². The van der Waals surface area contributed by atoms with E-state index < -0.39 is 0 Å². The zero-order valence-corrected chi connectivity index (χ0v) is 10.1. The number of pyridine rings is 1. The van der Waals surface area contributed by atoms with E-state index >= 15 is 0 Å². The van der Waals surface area contributed by atoms with Gasteiger partial charge in [-0.3, -0.25) is 4.79 Å². The van der Waals surface area contributed by atoms with Crippen LogP contribution in [-0.4, -0.2) is 15.9 Å². The third-order valence-corrected chi connectivity index (χ3v) is 3.21. The molecule has 0 unspecified atom stereocenters. The predicted octanol–water partition coefficient (Wildman–Crippen LogP) is 2.44. The minimum absolute atomic E-state index is 0.0232. The number of nitrogens with zero attached hydrogens (tertiary/aromatic N) is 2. The monoisotopic (exact) mass is 260 g/mol. The van der Waals surface area contributed by atoms with Crippen molar-refractivity contribution in [1.29, 1.82) is 5.26 Å². The number of amides is 1. The van der Waals surface area contributed by atoms with E-state index in [1.807, 2.05) is 6.07 Å². The lowest BCUT2D eigenvalue weighted by Gasteiger charge is -2.04. The van der Waals surface area contributed by atoms with E-state index in [0.717, 1.165) is 12.8 Å². The number of aromatic nitrogens is 2. The van der Waals surface area contributed by atoms with Gasteiger partial charge in [-0.2, -0.15) is 5.26 Å². The Kier molecular flexibility index (Phi) is 2.46. The first-order valence-corrected chi connectivity index (χ1v) is 5.95. The Morgan fingerprint density at radius 2 is 2.39 bits per heavy atom. The molecule has 0 saturated heterocycles. The standard InChI is InChI=1S/C12H9ClN4O/c13-8-3-9(17-12(18)6-1-2-6)16-11-10(8)7(4-14)5-15-11/h3,5-6H,1-2H2,(H2,15,16,17,18). The van der Waals surface area contributed by atoms with Gasteiger partial charge in [-0.1, -0.05) is 11.6 Å². The number of hydrogen-bond donors (Lipinski definition) is 2. The average Bonchev–Trinajstić information content (AvgIpc) is 3.10. The molecule has 90 valence electrons. The smallest absolute Gasteiger partial charge is 0.228 e. The summed E-state index contributed by atoms with van der Waals surface area (Å²) in [5, 5.41) is 12.6. The van der Waals surface area contributed by atoms with E-state index in [1.54, 1.807) is 12.3 Å². The number of hydrogen-bond acceptors (Lipinski definition) is 3. The van der Waals surface area contributed by atoms with Crippen LogP contribution in [0.25, 0.3) is 11.0 Å². The molecule has 0 atom stereocenters. The zero-order valence-electron chi connectivity index (χ0n) is 9.33. The summed E-state index contributed by atoms with van der Waals surface area (Å²) in [7, 11) is 0. The molecule has 2 heterocycles. The van der Waals surface area contributed by atoms with E-state index in [2.05, 4.69) is 15.3 Å². The molecule has 0 spiro atoms. The van der Waals surface area contributed by atoms with Gasteiger partial charge >= 0.3 is 0 Å². The van der Waals surface area contributed by atoms with Crippen LogP contribution < -0.4 is 5.32 Å². The number of carbonyl (C=O) groups is 1. The molecule has 6 heteroatoms. The summed E-state index contributed by atoms with van der Waals surface area (Å²) < 4.78 is 0. The van der Waals surface area contributed by atoms with Gasteiger partial charge in [0, 0.05) is 18.2 Å². The van der Waals surface area contributed by atoms with Crippen LogP contribution >= 0.6 is 11.6 Å². The number of anilines is 1. The summed E-state index contributed by atoms with van der Waals surface area (Å²) in [4.78, 5) is 18.7. The van der Waals surface area contributed by atoms with Crippen molar-refractivity contribution in [3.63, 3.8) is 0 Å². The molecular weight excluding hydrogens is 252 g/mol. The van der Waals surface area contributed by atoms with Crippen LogP contribution in [0.2, 0.25) is 5.02 Å². The van der Waals surface area contributed by atoms with Crippen molar-refractivity contribution in [2.75, 3.05) is 5.32 Å². The number of rotatable bonds is 2. The Balaban J connectivity index is 2.00. The first kappa shape index (κ1) is 11.1. The molecular formula is C12H9ClN4O. The van der Waals surface area contributed by atoms with E-state index in [-0.39, 0.29) is 11.8 Å². The van der Waals surface area contributed by atoms with Crippen LogP contribution in [0.15, 0.2) is 12.3 Å². The molecule has 1 fully saturated rings. The summed E-state index contributed by atoms with van der Waals surface area (Å²) >= 11 is 6.10. The highest BCUT2D eigenvalue weighted by atomic mass is 35.5. The van der Waals surface area contributed by atoms with Crippen LogP contribution in [0.3, 0.4) is 0 Å². The molecule has 5 nitrogen and oxygen atoms in total. The van der Waals surface area contributed by atoms with Crippen molar-refractivity contribution in [3.8, 4) is 6.07 Å². The lowest BCUT2D eigenvalue weighted by atomic mass is 10.2. The third kappa shape index (κ3) is 1.81. The minimum atomic E-state index is -0.0232. The molecule has 0 radical (unpaired) electrons. The molecule has 2 aromatic rings. The highest BCUT2D eigenvalue weighted by Crippen LogP contribution is 2.31. The van der Waals surface area contributed by atoms with E-state index in [9.17, 15) is 4.79 Å². The zero-order chi connectivity index (χ0) is 12.7. The lowest BCUT2D eigenvalue weighted by molar-refractivity contribution is -0.117. The van der Waals surface area contributed by atoms with Crippen LogP contribution in [0.4, 0.5) is 5.82 Å². The molecule has 1 aliphatic carbocycles. The second-order valence-corrected chi connectivity index (χ2v) is 4.70. The number of nitrogens with one attached hydrogen (secondary N) is 2. The second kappa shape index (κ2) is 4.00. The third-order valence-electron chi connectivity index (χ3n) is 2.91. The van der Waals surface area contributed by atoms with Crippen LogP contribution in [0.1, 0.15) is 18.4 Å². The maximum Gasteiger partial charge on any atom is 0.228 e. The van der Waals surface area contributed by atoms with Gasteiger partial charge in [-0.05, 0) is 12.8 Å². The topological polar surface area (TPSA) is 81.6 Å². The van der Waals surface area contributed by atoms with Crippen molar-refractivity contribution >= 4 is 34.4 Å². The molecule has 2 N–H and O–H groups in total. The lowest BCUT2D eigenvalue weighted by Crippen LogP contribution is -2.14. The summed E-state index contributed by atoms with van der Waals surface area (Å²) in [5.74, 6) is 0.500. The van der Waals surface area contributed by atoms with Crippen molar-refractivity contribution in [1.82, 2.24) is 9.97 Å². The molecule has 0 aliphatic heterocycles. The van der Waals surface area contributed by atoms with Gasteiger partial charge in [0.25, 0.3) is 0 Å². The van der Waals surface area contributed by atoms with E-state index in [1.165, 1.54) is 0 Å². The molecule has 1 aliphatic rings. The maximum absolute atomic E-state index is 11.6. The first-order chi connectivity index (χ1) is 8.69. The van der Waals surface area contributed by atoms with Crippen LogP contribution in [0.5, 0.6) is 0 Å². The van der Waals surface area contributed by atoms with Gasteiger partial charge in [-0.25, -0.2) is 4.98 Å². The fourth-order valence-corrected chi connectivity index (χ4v) is 2.11. The van der Waals surface area contributed by atoms with Gasteiger partial charge in [0.2, 0.25) is 5.91 Å². The van der Waals surface area contributed by atoms with Gasteiger partial charge in [0.15, 0.2) is 0 Å². The van der Waals surface area contributed by atoms with Crippen molar-refractivity contribution in [2.45, 2.75) is 12.8 Å². The van der Waals surface area contributed by atoms with Crippen LogP contribution in [-0.2, 0) is 4.79 Å². The largest absolute Gasteiger partial charge is 0.345 e. The Labute approximate surface area is 108 Å². The highest BCUT2D eigenvalue weighted by Gasteiger charge is 2.30. The minimum Gasteiger partial charge on any atom is -0.345 e. The quantitative estimate of drug-likeness (QED) is 0.870. The summed E-state index contributed by atoms with van der Waals surface area (Å²) in [5.41, 5.74) is 0.952. The number of fused-ring (bicyclic) bond motifs is 1. The van der Waals surface area contributed by atoms with Gasteiger partial charge in [0.1, 0.15) is 17.5 Å². The number of halogens is 1. The molecule has 3 rings (SSSR count). The number of carbonyl (C=O) groups excluding carboxylic acids is 1. The Morgan fingerprint density at radius 1 is 1.61 bits per heavy atom. The molecule has 0 aromatic carbocycles. The molecule has 1 saturated carbocycles. The van der Waals surface area contributed by atoms with Gasteiger partial charge < -0.3 is 10.3 Å². The van der Waals surface area contributed by atoms with Crippen molar-refractivity contribution in [3.05, 3.63) is 22.8 Å². The molecule has 1 amide bonds. The number of aromatic amines is 1. The number of nitriles is 1. The highest BCUT2D eigenvalue weighted by molar-refractivity contribution is 6.36. The molecule has 0 bridgehead atoms. The first-order valence-electron chi connectivity index (χ1n) is 5.57. The SMILES string of the molecule is N#Cc1c[nH]c2nc(NC(=O)C3CC3)cc(Cl)c12. The fraction of sp³-hybridized carbons (Fsp3) is 0.250. The average molecular weight is 261 g/mol. The van der Waals surface area contributed by atoms with E-state index in [4.69, 9.17) is 16.9 Å². The maximum atomic E-state index is 11.6. The van der Waals surface area contributed by atoms with E-state index in [0.29, 0.717) is 27.4 Å². The normalized spacial score (nSPS) is 14.4. The van der Waals surface area contributed by atoms with Crippen molar-refractivity contribution < 1.29 is 4.79 Å². The molecule has 18 heavy (non-hydrogen) atoms. The Morgan fingerprint density at radius 3 is 3.06 bits per heavy atom. The number of H-pyrrole nitrogens is 1. The predicted molar refractivity (Wildman–Crippen MR) is 67.2 cm³/mol. The van der Waals surface area contributed by atoms with Gasteiger partial charge in [-0.15, -0.1) is 0 Å². The summed E-state index contributed by atoms with van der Waals surface area (Å²) in [6.07, 6.45) is 3.42. The fourth-order valence-electron chi connectivity index (χ4n) is 1.81. The van der Waals surface area contributed by atoms with Crippen LogP contribution in [0, 0.1) is 17.2 Å². The van der Waals surface area contributed by atoms with Crippen molar-refractivity contribution in [2.24, 2.45) is 5.92 Å². The Hall–Kier alpha value is -2.06. The summed E-state index contributed by atoms with van der Waals surface area (Å²) in [6.45, 7) is 0. The molecule has 2 aromatic heterocycles.